The summed E-state index contributed by atoms with van der Waals surface area (Å²) in [6.07, 6.45) is 1.98. The molecule has 1 unspecified atom stereocenters. The van der Waals surface area contributed by atoms with Gasteiger partial charge in [-0.25, -0.2) is 4.39 Å². The van der Waals surface area contributed by atoms with E-state index < -0.39 is 5.82 Å². The number of piperidine rings is 1. The molecule has 1 atom stereocenters. The first-order chi connectivity index (χ1) is 14.9. The molecule has 172 valence electrons. The highest BCUT2D eigenvalue weighted by Crippen LogP contribution is 2.51. The third kappa shape index (κ3) is 4.65. The first-order valence-corrected chi connectivity index (χ1v) is 11.8. The lowest BCUT2D eigenvalue weighted by Gasteiger charge is -2.37. The van der Waals surface area contributed by atoms with Crippen molar-refractivity contribution in [2.75, 3.05) is 47.4 Å². The Morgan fingerprint density at radius 2 is 1.84 bits per heavy atom. The summed E-state index contributed by atoms with van der Waals surface area (Å²) in [5, 5.41) is -0.368. The number of amides is 1. The van der Waals surface area contributed by atoms with Gasteiger partial charge in [0.1, 0.15) is 22.7 Å². The van der Waals surface area contributed by atoms with Gasteiger partial charge >= 0.3 is 0 Å². The van der Waals surface area contributed by atoms with E-state index in [1.165, 1.54) is 32.0 Å². The quantitative estimate of drug-likeness (QED) is 0.622. The summed E-state index contributed by atoms with van der Waals surface area (Å²) in [6, 6.07) is 3.58. The molecule has 0 radical (unpaired) electrons. The number of rotatable bonds is 7. The summed E-state index contributed by atoms with van der Waals surface area (Å²) in [6.45, 7) is 9.89. The van der Waals surface area contributed by atoms with Gasteiger partial charge in [-0.3, -0.25) is 4.79 Å². The fourth-order valence-corrected chi connectivity index (χ4v) is 5.91. The predicted octanol–water partition coefficient (Wildman–Crippen LogP) is 4.08. The Kier molecular flexibility index (Phi) is 7.75. The van der Waals surface area contributed by atoms with Gasteiger partial charge in [-0.1, -0.05) is 25.6 Å². The molecule has 2 heterocycles. The zero-order valence-corrected chi connectivity index (χ0v) is 20.2. The maximum atomic E-state index is 15.0. The topological polar surface area (TPSA) is 45.2 Å². The van der Waals surface area contributed by atoms with Gasteiger partial charge in [0.25, 0.3) is 5.91 Å². The van der Waals surface area contributed by atoms with Crippen molar-refractivity contribution in [1.29, 1.82) is 0 Å². The number of benzene rings is 1. The Morgan fingerprint density at radius 3 is 2.39 bits per heavy atom. The normalized spacial score (nSPS) is 20.1. The average Bonchev–Trinajstić information content (AvgIpc) is 3.08. The van der Waals surface area contributed by atoms with Crippen molar-refractivity contribution < 1.29 is 18.7 Å². The van der Waals surface area contributed by atoms with Crippen LogP contribution < -0.4 is 9.47 Å². The molecule has 1 fully saturated rings. The second-order valence-corrected chi connectivity index (χ2v) is 9.06. The second-order valence-electron chi connectivity index (χ2n) is 7.97. The van der Waals surface area contributed by atoms with Crippen LogP contribution in [0.3, 0.4) is 0 Å². The van der Waals surface area contributed by atoms with Gasteiger partial charge in [-0.05, 0) is 32.9 Å². The van der Waals surface area contributed by atoms with E-state index in [0.29, 0.717) is 28.0 Å². The van der Waals surface area contributed by atoms with Gasteiger partial charge in [0.05, 0.1) is 24.7 Å². The molecular formula is C23H34FN3O3S. The molecule has 2 aliphatic rings. The van der Waals surface area contributed by atoms with Crippen LogP contribution in [0.2, 0.25) is 0 Å². The molecule has 2 aliphatic heterocycles. The number of halogens is 1. The van der Waals surface area contributed by atoms with Gasteiger partial charge in [0.15, 0.2) is 0 Å². The van der Waals surface area contributed by atoms with Crippen LogP contribution in [0.15, 0.2) is 22.7 Å². The van der Waals surface area contributed by atoms with E-state index in [-0.39, 0.29) is 11.3 Å². The number of thioether (sulfide) groups is 1. The third-order valence-electron chi connectivity index (χ3n) is 6.48. The smallest absolute Gasteiger partial charge is 0.262 e. The minimum atomic E-state index is -0.401. The number of methoxy groups -OCH3 is 2. The van der Waals surface area contributed by atoms with Gasteiger partial charge < -0.3 is 24.2 Å². The number of carbonyl (C=O) groups excluding carboxylic acids is 1. The largest absolute Gasteiger partial charge is 0.497 e. The Labute approximate surface area is 189 Å². The van der Waals surface area contributed by atoms with E-state index in [9.17, 15) is 9.18 Å². The lowest BCUT2D eigenvalue weighted by atomic mass is 10.0. The van der Waals surface area contributed by atoms with Gasteiger partial charge in [-0.15, -0.1) is 0 Å². The molecule has 3 rings (SSSR count). The van der Waals surface area contributed by atoms with Crippen LogP contribution >= 0.6 is 11.8 Å². The van der Waals surface area contributed by atoms with E-state index in [2.05, 4.69) is 18.7 Å². The fourth-order valence-electron chi connectivity index (χ4n) is 4.48. The monoisotopic (exact) mass is 451 g/mol. The number of hydrogen-bond donors (Lipinski definition) is 0. The van der Waals surface area contributed by atoms with Gasteiger partial charge in [0.2, 0.25) is 0 Å². The standard InChI is InChI=1S/C23H34FN3O3S/c1-7-26(8-2)16-9-11-27(12-10-16)22(28)21-15(3)25(4)23(31-21)20-18(24)13-17(29-5)14-19(20)30-6/h13-14,16,23H,7-12H2,1-6H3. The summed E-state index contributed by atoms with van der Waals surface area (Å²) >= 11 is 1.40. The first-order valence-electron chi connectivity index (χ1n) is 10.9. The summed E-state index contributed by atoms with van der Waals surface area (Å²) < 4.78 is 25.6. The van der Waals surface area contributed by atoms with Crippen LogP contribution in [0.25, 0.3) is 0 Å². The number of allylic oxidation sites excluding steroid dienone is 1. The van der Waals surface area contributed by atoms with Crippen LogP contribution in [0, 0.1) is 5.82 Å². The molecule has 0 aliphatic carbocycles. The van der Waals surface area contributed by atoms with Crippen LogP contribution in [0.4, 0.5) is 4.39 Å². The van der Waals surface area contributed by atoms with E-state index in [4.69, 9.17) is 9.47 Å². The van der Waals surface area contributed by atoms with Crippen molar-refractivity contribution in [2.24, 2.45) is 0 Å². The summed E-state index contributed by atoms with van der Waals surface area (Å²) in [7, 11) is 4.91. The number of nitrogens with zero attached hydrogens (tertiary/aromatic N) is 3. The Bertz CT molecular complexity index is 836. The zero-order chi connectivity index (χ0) is 22.7. The van der Waals surface area contributed by atoms with E-state index in [0.717, 1.165) is 44.7 Å². The van der Waals surface area contributed by atoms with Crippen LogP contribution in [0.5, 0.6) is 11.5 Å². The fraction of sp³-hybridized carbons (Fsp3) is 0.609. The molecule has 0 spiro atoms. The highest BCUT2D eigenvalue weighted by Gasteiger charge is 2.38. The minimum absolute atomic E-state index is 0.0442. The van der Waals surface area contributed by atoms with E-state index >= 15 is 0 Å². The molecule has 6 nitrogen and oxygen atoms in total. The molecule has 1 amide bonds. The van der Waals surface area contributed by atoms with Gasteiger partial charge in [0, 0.05) is 44.0 Å². The minimum Gasteiger partial charge on any atom is -0.497 e. The Balaban J connectivity index is 1.76. The number of likely N-dealkylation sites (tertiary alicyclic amines) is 1. The maximum Gasteiger partial charge on any atom is 0.262 e. The van der Waals surface area contributed by atoms with Crippen molar-refractivity contribution in [2.45, 2.75) is 45.0 Å². The lowest BCUT2D eigenvalue weighted by molar-refractivity contribution is -0.128. The second kappa shape index (κ2) is 10.1. The zero-order valence-electron chi connectivity index (χ0n) is 19.4. The average molecular weight is 452 g/mol. The molecule has 1 aromatic carbocycles. The van der Waals surface area contributed by atoms with Crippen molar-refractivity contribution in [3.8, 4) is 11.5 Å². The molecule has 31 heavy (non-hydrogen) atoms. The number of carbonyl (C=O) groups is 1. The van der Waals surface area contributed by atoms with E-state index in [1.807, 2.05) is 23.8 Å². The van der Waals surface area contributed by atoms with E-state index in [1.54, 1.807) is 6.07 Å². The maximum absolute atomic E-state index is 15.0. The molecule has 1 aromatic rings. The SMILES string of the molecule is CCN(CC)C1CCN(C(=O)C2=C(C)N(C)C(c3c(F)cc(OC)cc3OC)S2)CC1. The third-order valence-corrected chi connectivity index (χ3v) is 7.96. The predicted molar refractivity (Wildman–Crippen MR) is 123 cm³/mol. The molecule has 0 aromatic heterocycles. The van der Waals surface area contributed by atoms with Crippen molar-refractivity contribution >= 4 is 17.7 Å². The number of ether oxygens (including phenoxy) is 2. The summed E-state index contributed by atoms with van der Waals surface area (Å²) in [5.41, 5.74) is 1.29. The lowest BCUT2D eigenvalue weighted by Crippen LogP contribution is -2.46. The Hall–Kier alpha value is -1.93. The first kappa shape index (κ1) is 23.7. The van der Waals surface area contributed by atoms with Gasteiger partial charge in [-0.2, -0.15) is 0 Å². The highest BCUT2D eigenvalue weighted by atomic mass is 32.2. The molecule has 8 heteroatoms. The van der Waals surface area contributed by atoms with Crippen LogP contribution in [-0.4, -0.2) is 74.1 Å². The molecule has 0 saturated carbocycles. The Morgan fingerprint density at radius 1 is 1.19 bits per heavy atom. The van der Waals surface area contributed by atoms with Crippen LogP contribution in [-0.2, 0) is 4.79 Å². The molecular weight excluding hydrogens is 417 g/mol. The number of hydrogen-bond acceptors (Lipinski definition) is 6. The molecule has 1 saturated heterocycles. The molecule has 0 N–H and O–H groups in total. The van der Waals surface area contributed by atoms with Crippen LogP contribution in [0.1, 0.15) is 44.6 Å². The molecule has 0 bridgehead atoms. The summed E-state index contributed by atoms with van der Waals surface area (Å²) in [5.74, 6) is 0.466. The highest BCUT2D eigenvalue weighted by molar-refractivity contribution is 8.04. The summed E-state index contributed by atoms with van der Waals surface area (Å²) in [4.78, 5) is 20.4. The van der Waals surface area contributed by atoms with Crippen molar-refractivity contribution in [3.05, 3.63) is 34.1 Å². The van der Waals surface area contributed by atoms with Crippen molar-refractivity contribution in [3.63, 3.8) is 0 Å². The van der Waals surface area contributed by atoms with Crippen molar-refractivity contribution in [1.82, 2.24) is 14.7 Å².